The van der Waals surface area contributed by atoms with Crippen LogP contribution < -0.4 is 5.32 Å². The van der Waals surface area contributed by atoms with Gasteiger partial charge >= 0.3 is 0 Å². The van der Waals surface area contributed by atoms with Crippen LogP contribution in [0.15, 0.2) is 0 Å². The third kappa shape index (κ3) is 4.65. The van der Waals surface area contributed by atoms with Gasteiger partial charge in [-0.05, 0) is 38.1 Å². The van der Waals surface area contributed by atoms with Crippen molar-refractivity contribution in [3.8, 4) is 0 Å². The van der Waals surface area contributed by atoms with Crippen LogP contribution in [-0.4, -0.2) is 37.5 Å². The van der Waals surface area contributed by atoms with Crippen LogP contribution in [0.4, 0.5) is 0 Å². The molecule has 1 aliphatic rings. The van der Waals surface area contributed by atoms with Crippen molar-refractivity contribution < 1.29 is 4.79 Å². The minimum absolute atomic E-state index is 0.233. The molecule has 15 heavy (non-hydrogen) atoms. The summed E-state index contributed by atoms with van der Waals surface area (Å²) in [7, 11) is 3.63. The zero-order valence-electron chi connectivity index (χ0n) is 10.3. The van der Waals surface area contributed by atoms with E-state index in [0.717, 1.165) is 18.9 Å². The Labute approximate surface area is 93.2 Å². The van der Waals surface area contributed by atoms with Crippen LogP contribution in [0.25, 0.3) is 0 Å². The van der Waals surface area contributed by atoms with E-state index in [4.69, 9.17) is 0 Å². The molecule has 3 heteroatoms. The summed E-state index contributed by atoms with van der Waals surface area (Å²) in [5, 5.41) is 3.55. The highest BCUT2D eigenvalue weighted by Crippen LogP contribution is 2.33. The molecule has 1 atom stereocenters. The van der Waals surface area contributed by atoms with Crippen molar-refractivity contribution in [2.24, 2.45) is 5.92 Å². The maximum absolute atomic E-state index is 11.3. The Balaban J connectivity index is 2.02. The number of carbonyl (C=O) groups excluding carboxylic acids is 1. The van der Waals surface area contributed by atoms with Gasteiger partial charge in [0.15, 0.2) is 0 Å². The Morgan fingerprint density at radius 1 is 1.47 bits per heavy atom. The van der Waals surface area contributed by atoms with Crippen molar-refractivity contribution in [3.05, 3.63) is 0 Å². The summed E-state index contributed by atoms with van der Waals surface area (Å²) in [5.41, 5.74) is 0. The predicted molar refractivity (Wildman–Crippen MR) is 62.7 cm³/mol. The standard InChI is InChI=1S/C12H24N2O/c1-4-11(10-7-8-10)13-9-5-6-12(15)14(2)3/h10-11,13H,4-9H2,1-3H3. The second kappa shape index (κ2) is 6.11. The number of nitrogens with one attached hydrogen (secondary N) is 1. The maximum atomic E-state index is 11.3. The van der Waals surface area contributed by atoms with E-state index >= 15 is 0 Å². The lowest BCUT2D eigenvalue weighted by molar-refractivity contribution is -0.128. The first kappa shape index (κ1) is 12.5. The second-order valence-electron chi connectivity index (χ2n) is 4.70. The fourth-order valence-corrected chi connectivity index (χ4v) is 1.89. The molecule has 0 heterocycles. The minimum atomic E-state index is 0.233. The lowest BCUT2D eigenvalue weighted by Gasteiger charge is -2.16. The van der Waals surface area contributed by atoms with E-state index < -0.39 is 0 Å². The summed E-state index contributed by atoms with van der Waals surface area (Å²) in [5.74, 6) is 1.15. The van der Waals surface area contributed by atoms with Crippen LogP contribution in [0.1, 0.15) is 39.0 Å². The highest BCUT2D eigenvalue weighted by atomic mass is 16.2. The topological polar surface area (TPSA) is 32.3 Å². The zero-order chi connectivity index (χ0) is 11.3. The average molecular weight is 212 g/mol. The Morgan fingerprint density at radius 3 is 2.60 bits per heavy atom. The van der Waals surface area contributed by atoms with Gasteiger partial charge in [0, 0.05) is 26.6 Å². The number of hydrogen-bond donors (Lipinski definition) is 1. The molecule has 1 amide bonds. The van der Waals surface area contributed by atoms with E-state index in [2.05, 4.69) is 12.2 Å². The number of amides is 1. The molecule has 1 saturated carbocycles. The monoisotopic (exact) mass is 212 g/mol. The van der Waals surface area contributed by atoms with Crippen LogP contribution in [0.5, 0.6) is 0 Å². The van der Waals surface area contributed by atoms with Crippen molar-refractivity contribution in [1.82, 2.24) is 10.2 Å². The molecule has 0 radical (unpaired) electrons. The van der Waals surface area contributed by atoms with Gasteiger partial charge in [0.25, 0.3) is 0 Å². The Kier molecular flexibility index (Phi) is 5.09. The van der Waals surface area contributed by atoms with Crippen LogP contribution in [-0.2, 0) is 4.79 Å². The molecule has 88 valence electrons. The number of nitrogens with zero attached hydrogens (tertiary/aromatic N) is 1. The van der Waals surface area contributed by atoms with E-state index in [0.29, 0.717) is 12.5 Å². The van der Waals surface area contributed by atoms with Crippen molar-refractivity contribution in [2.75, 3.05) is 20.6 Å². The molecule has 0 bridgehead atoms. The van der Waals surface area contributed by atoms with Gasteiger partial charge in [0.1, 0.15) is 0 Å². The number of carbonyl (C=O) groups is 1. The summed E-state index contributed by atoms with van der Waals surface area (Å²) < 4.78 is 0. The lowest BCUT2D eigenvalue weighted by Crippen LogP contribution is -2.32. The third-order valence-corrected chi connectivity index (χ3v) is 3.10. The molecule has 1 fully saturated rings. The van der Waals surface area contributed by atoms with Crippen LogP contribution in [0.2, 0.25) is 0 Å². The molecule has 1 rings (SSSR count). The van der Waals surface area contributed by atoms with Crippen LogP contribution >= 0.6 is 0 Å². The predicted octanol–water partition coefficient (Wildman–Crippen LogP) is 1.63. The molecule has 0 aliphatic heterocycles. The van der Waals surface area contributed by atoms with Crippen molar-refractivity contribution in [3.63, 3.8) is 0 Å². The summed E-state index contributed by atoms with van der Waals surface area (Å²) in [6, 6.07) is 0.694. The molecule has 0 aromatic heterocycles. The van der Waals surface area contributed by atoms with E-state index in [9.17, 15) is 4.79 Å². The van der Waals surface area contributed by atoms with E-state index in [-0.39, 0.29) is 5.91 Å². The number of rotatable bonds is 7. The highest BCUT2D eigenvalue weighted by Gasteiger charge is 2.29. The molecular formula is C12H24N2O. The smallest absolute Gasteiger partial charge is 0.222 e. The lowest BCUT2D eigenvalue weighted by atomic mass is 10.1. The maximum Gasteiger partial charge on any atom is 0.222 e. The molecule has 0 aromatic rings. The van der Waals surface area contributed by atoms with Gasteiger partial charge in [-0.15, -0.1) is 0 Å². The average Bonchev–Trinajstić information content (AvgIpc) is 3.01. The second-order valence-corrected chi connectivity index (χ2v) is 4.70. The van der Waals surface area contributed by atoms with Gasteiger partial charge in [-0.25, -0.2) is 0 Å². The molecule has 0 spiro atoms. The summed E-state index contributed by atoms with van der Waals surface area (Å²) in [6.07, 6.45) is 5.62. The Bertz CT molecular complexity index is 200. The number of hydrogen-bond acceptors (Lipinski definition) is 2. The van der Waals surface area contributed by atoms with Crippen molar-refractivity contribution >= 4 is 5.91 Å². The fourth-order valence-electron chi connectivity index (χ4n) is 1.89. The first-order valence-corrected chi connectivity index (χ1v) is 6.08. The molecule has 1 aliphatic carbocycles. The largest absolute Gasteiger partial charge is 0.349 e. The van der Waals surface area contributed by atoms with Gasteiger partial charge in [0.2, 0.25) is 5.91 Å². The summed E-state index contributed by atoms with van der Waals surface area (Å²) in [4.78, 5) is 13.0. The fraction of sp³-hybridized carbons (Fsp3) is 0.917. The van der Waals surface area contributed by atoms with E-state index in [1.54, 1.807) is 4.90 Å². The SMILES string of the molecule is CCC(NCCCC(=O)N(C)C)C1CC1. The first-order chi connectivity index (χ1) is 7.15. The summed E-state index contributed by atoms with van der Waals surface area (Å²) in [6.45, 7) is 3.22. The van der Waals surface area contributed by atoms with Crippen molar-refractivity contribution in [2.45, 2.75) is 45.1 Å². The van der Waals surface area contributed by atoms with E-state index in [1.807, 2.05) is 14.1 Å². The normalized spacial score (nSPS) is 17.5. The van der Waals surface area contributed by atoms with E-state index in [1.165, 1.54) is 19.3 Å². The van der Waals surface area contributed by atoms with Crippen molar-refractivity contribution in [1.29, 1.82) is 0 Å². The molecule has 0 saturated heterocycles. The Morgan fingerprint density at radius 2 is 2.13 bits per heavy atom. The van der Waals surface area contributed by atoms with Gasteiger partial charge < -0.3 is 10.2 Å². The molecule has 3 nitrogen and oxygen atoms in total. The van der Waals surface area contributed by atoms with Gasteiger partial charge in [-0.1, -0.05) is 6.92 Å². The molecule has 1 N–H and O–H groups in total. The molecule has 0 aromatic carbocycles. The minimum Gasteiger partial charge on any atom is -0.349 e. The van der Waals surface area contributed by atoms with Gasteiger partial charge in [0.05, 0.1) is 0 Å². The third-order valence-electron chi connectivity index (χ3n) is 3.10. The summed E-state index contributed by atoms with van der Waals surface area (Å²) >= 11 is 0. The zero-order valence-corrected chi connectivity index (χ0v) is 10.3. The molecule has 1 unspecified atom stereocenters. The van der Waals surface area contributed by atoms with Crippen LogP contribution in [0.3, 0.4) is 0 Å². The Hall–Kier alpha value is -0.570. The highest BCUT2D eigenvalue weighted by molar-refractivity contribution is 5.75. The van der Waals surface area contributed by atoms with Gasteiger partial charge in [-0.2, -0.15) is 0 Å². The molecular weight excluding hydrogens is 188 g/mol. The van der Waals surface area contributed by atoms with Gasteiger partial charge in [-0.3, -0.25) is 4.79 Å². The first-order valence-electron chi connectivity index (χ1n) is 6.08. The quantitative estimate of drug-likeness (QED) is 0.651. The van der Waals surface area contributed by atoms with Crippen LogP contribution in [0, 0.1) is 5.92 Å².